The SMILES string of the molecule is CCCCCC(CC)c1ccc2c(c1C(CC)CCCCC)Cc1ccccc1-2. The molecule has 1 aliphatic rings. The highest BCUT2D eigenvalue weighted by atomic mass is 14.3. The molecular formula is C29H42. The molecular weight excluding hydrogens is 348 g/mol. The molecule has 0 radical (unpaired) electrons. The van der Waals surface area contributed by atoms with Gasteiger partial charge < -0.3 is 0 Å². The van der Waals surface area contributed by atoms with Crippen molar-refractivity contribution in [1.29, 1.82) is 0 Å². The van der Waals surface area contributed by atoms with Crippen LogP contribution >= 0.6 is 0 Å². The fourth-order valence-corrected chi connectivity index (χ4v) is 5.50. The summed E-state index contributed by atoms with van der Waals surface area (Å²) < 4.78 is 0. The van der Waals surface area contributed by atoms with Crippen molar-refractivity contribution in [1.82, 2.24) is 0 Å². The summed E-state index contributed by atoms with van der Waals surface area (Å²) in [7, 11) is 0. The highest BCUT2D eigenvalue weighted by Crippen LogP contribution is 2.46. The number of benzene rings is 2. The molecule has 2 aromatic rings. The van der Waals surface area contributed by atoms with Crippen LogP contribution < -0.4 is 0 Å². The van der Waals surface area contributed by atoms with Crippen LogP contribution in [0.5, 0.6) is 0 Å². The summed E-state index contributed by atoms with van der Waals surface area (Å²) in [4.78, 5) is 0. The van der Waals surface area contributed by atoms with Gasteiger partial charge in [-0.3, -0.25) is 0 Å². The predicted octanol–water partition coefficient (Wildman–Crippen LogP) is 9.41. The zero-order valence-corrected chi connectivity index (χ0v) is 19.4. The fourth-order valence-electron chi connectivity index (χ4n) is 5.50. The van der Waals surface area contributed by atoms with E-state index in [0.29, 0.717) is 0 Å². The molecule has 0 fully saturated rings. The Bertz CT molecular complexity index is 770. The summed E-state index contributed by atoms with van der Waals surface area (Å²) in [6, 6.07) is 14.1. The maximum absolute atomic E-state index is 2.53. The van der Waals surface area contributed by atoms with Gasteiger partial charge in [0.05, 0.1) is 0 Å². The van der Waals surface area contributed by atoms with Gasteiger partial charge in [-0.1, -0.05) is 103 Å². The van der Waals surface area contributed by atoms with Gasteiger partial charge in [0.25, 0.3) is 0 Å². The van der Waals surface area contributed by atoms with Gasteiger partial charge in [-0.2, -0.15) is 0 Å². The molecule has 0 aromatic heterocycles. The van der Waals surface area contributed by atoms with E-state index >= 15 is 0 Å². The summed E-state index contributed by atoms with van der Waals surface area (Å²) >= 11 is 0. The van der Waals surface area contributed by atoms with Gasteiger partial charge in [-0.25, -0.2) is 0 Å². The largest absolute Gasteiger partial charge is 0.0654 e. The summed E-state index contributed by atoms with van der Waals surface area (Å²) in [5.41, 5.74) is 9.65. The summed E-state index contributed by atoms with van der Waals surface area (Å²) in [5, 5.41) is 0. The van der Waals surface area contributed by atoms with Crippen LogP contribution in [-0.4, -0.2) is 0 Å². The number of hydrogen-bond donors (Lipinski definition) is 0. The molecule has 1 aliphatic carbocycles. The van der Waals surface area contributed by atoms with Crippen molar-refractivity contribution in [2.24, 2.45) is 0 Å². The van der Waals surface area contributed by atoms with Gasteiger partial charge in [-0.05, 0) is 77.3 Å². The number of unbranched alkanes of at least 4 members (excludes halogenated alkanes) is 4. The van der Waals surface area contributed by atoms with Gasteiger partial charge in [0, 0.05) is 0 Å². The molecule has 3 rings (SSSR count). The molecule has 0 spiro atoms. The van der Waals surface area contributed by atoms with E-state index < -0.39 is 0 Å². The standard InChI is InChI=1S/C29H42/c1-5-9-11-15-22(7-3)26-19-20-27-25-18-14-13-17-24(25)21-28(27)29(26)23(8-4)16-12-10-6-2/h13-14,17-20,22-23H,5-12,15-16,21H2,1-4H3. The Morgan fingerprint density at radius 1 is 0.690 bits per heavy atom. The molecule has 2 atom stereocenters. The van der Waals surface area contributed by atoms with Crippen molar-refractivity contribution in [2.75, 3.05) is 0 Å². The lowest BCUT2D eigenvalue weighted by molar-refractivity contribution is 0.519. The Morgan fingerprint density at radius 3 is 2.00 bits per heavy atom. The van der Waals surface area contributed by atoms with E-state index in [1.54, 1.807) is 16.7 Å². The molecule has 2 aromatic carbocycles. The Hall–Kier alpha value is -1.56. The van der Waals surface area contributed by atoms with Gasteiger partial charge >= 0.3 is 0 Å². The maximum Gasteiger partial charge on any atom is -0.00105 e. The second-order valence-corrected chi connectivity index (χ2v) is 9.13. The number of rotatable bonds is 12. The van der Waals surface area contributed by atoms with Crippen LogP contribution in [0.3, 0.4) is 0 Å². The van der Waals surface area contributed by atoms with E-state index in [-0.39, 0.29) is 0 Å². The average Bonchev–Trinajstić information content (AvgIpc) is 3.13. The molecule has 0 saturated heterocycles. The average molecular weight is 391 g/mol. The normalized spacial score (nSPS) is 14.5. The smallest absolute Gasteiger partial charge is 0.00105 e. The molecule has 158 valence electrons. The van der Waals surface area contributed by atoms with Crippen LogP contribution in [0.2, 0.25) is 0 Å². The third-order valence-electron chi connectivity index (χ3n) is 7.21. The Morgan fingerprint density at radius 2 is 1.34 bits per heavy atom. The molecule has 2 unspecified atom stereocenters. The van der Waals surface area contributed by atoms with Gasteiger partial charge in [0.15, 0.2) is 0 Å². The molecule has 0 nitrogen and oxygen atoms in total. The lowest BCUT2D eigenvalue weighted by atomic mass is 9.77. The number of fused-ring (bicyclic) bond motifs is 3. The van der Waals surface area contributed by atoms with E-state index in [0.717, 1.165) is 18.3 Å². The molecule has 0 bridgehead atoms. The van der Waals surface area contributed by atoms with Crippen molar-refractivity contribution in [3.63, 3.8) is 0 Å². The zero-order chi connectivity index (χ0) is 20.6. The van der Waals surface area contributed by atoms with Crippen LogP contribution in [0.1, 0.15) is 126 Å². The van der Waals surface area contributed by atoms with Crippen LogP contribution in [-0.2, 0) is 6.42 Å². The van der Waals surface area contributed by atoms with Crippen LogP contribution in [0.4, 0.5) is 0 Å². The monoisotopic (exact) mass is 390 g/mol. The first kappa shape index (κ1) is 22.1. The Labute approximate surface area is 180 Å². The van der Waals surface area contributed by atoms with E-state index in [9.17, 15) is 0 Å². The van der Waals surface area contributed by atoms with Crippen LogP contribution in [0.15, 0.2) is 36.4 Å². The second kappa shape index (κ2) is 11.0. The number of hydrogen-bond acceptors (Lipinski definition) is 0. The van der Waals surface area contributed by atoms with E-state index in [1.165, 1.54) is 80.9 Å². The summed E-state index contributed by atoms with van der Waals surface area (Å²) in [6.07, 6.45) is 14.5. The highest BCUT2D eigenvalue weighted by molar-refractivity contribution is 5.79. The van der Waals surface area contributed by atoms with E-state index in [2.05, 4.69) is 64.1 Å². The first-order valence-electron chi connectivity index (χ1n) is 12.5. The van der Waals surface area contributed by atoms with Crippen LogP contribution in [0, 0.1) is 0 Å². The third-order valence-corrected chi connectivity index (χ3v) is 7.21. The zero-order valence-electron chi connectivity index (χ0n) is 19.4. The first-order valence-corrected chi connectivity index (χ1v) is 12.5. The van der Waals surface area contributed by atoms with Crippen molar-refractivity contribution in [2.45, 2.75) is 110 Å². The Balaban J connectivity index is 2.02. The quantitative estimate of drug-likeness (QED) is 0.270. The fraction of sp³-hybridized carbons (Fsp3) is 0.586. The lowest BCUT2D eigenvalue weighted by Gasteiger charge is -2.27. The van der Waals surface area contributed by atoms with Gasteiger partial charge in [0.1, 0.15) is 0 Å². The van der Waals surface area contributed by atoms with Crippen molar-refractivity contribution < 1.29 is 0 Å². The second-order valence-electron chi connectivity index (χ2n) is 9.13. The Kier molecular flexibility index (Phi) is 8.40. The molecule has 0 heteroatoms. The van der Waals surface area contributed by atoms with E-state index in [4.69, 9.17) is 0 Å². The lowest BCUT2D eigenvalue weighted by Crippen LogP contribution is -2.10. The molecule has 0 aliphatic heterocycles. The molecule has 0 heterocycles. The summed E-state index contributed by atoms with van der Waals surface area (Å²) in [5.74, 6) is 1.45. The minimum atomic E-state index is 0.723. The third kappa shape index (κ3) is 4.96. The maximum atomic E-state index is 2.53. The summed E-state index contributed by atoms with van der Waals surface area (Å²) in [6.45, 7) is 9.46. The molecule has 29 heavy (non-hydrogen) atoms. The molecule has 0 N–H and O–H groups in total. The first-order chi connectivity index (χ1) is 14.2. The van der Waals surface area contributed by atoms with Crippen molar-refractivity contribution >= 4 is 0 Å². The predicted molar refractivity (Wildman–Crippen MR) is 129 cm³/mol. The van der Waals surface area contributed by atoms with E-state index in [1.807, 2.05) is 0 Å². The minimum absolute atomic E-state index is 0.723. The highest BCUT2D eigenvalue weighted by Gasteiger charge is 2.28. The topological polar surface area (TPSA) is 0 Å². The van der Waals surface area contributed by atoms with Gasteiger partial charge in [0.2, 0.25) is 0 Å². The van der Waals surface area contributed by atoms with Crippen molar-refractivity contribution in [3.05, 3.63) is 58.7 Å². The molecule has 0 saturated carbocycles. The van der Waals surface area contributed by atoms with Gasteiger partial charge in [-0.15, -0.1) is 0 Å². The van der Waals surface area contributed by atoms with Crippen LogP contribution in [0.25, 0.3) is 11.1 Å². The minimum Gasteiger partial charge on any atom is -0.0654 e. The molecule has 0 amide bonds. The van der Waals surface area contributed by atoms with Crippen molar-refractivity contribution in [3.8, 4) is 11.1 Å².